The number of likely N-dealkylation sites (N-methyl/N-ethyl adjacent to an activating group) is 1. The Balaban J connectivity index is 1.91. The molecule has 1 aliphatic rings. The maximum absolute atomic E-state index is 5.63. The molecular formula is C12H24ClNO. The molecule has 0 spiro atoms. The van der Waals surface area contributed by atoms with Gasteiger partial charge in [-0.1, -0.05) is 12.8 Å². The zero-order valence-corrected chi connectivity index (χ0v) is 10.6. The maximum atomic E-state index is 5.63. The molecule has 1 atom stereocenters. The third-order valence-electron chi connectivity index (χ3n) is 2.96. The molecule has 0 aromatic carbocycles. The average molecular weight is 234 g/mol. The van der Waals surface area contributed by atoms with E-state index in [0.29, 0.717) is 6.10 Å². The molecule has 1 saturated heterocycles. The van der Waals surface area contributed by atoms with Gasteiger partial charge in [0.25, 0.3) is 0 Å². The lowest BCUT2D eigenvalue weighted by Gasteiger charge is -2.20. The normalized spacial score (nSPS) is 21.4. The van der Waals surface area contributed by atoms with Gasteiger partial charge in [-0.2, -0.15) is 0 Å². The second-order valence-electron chi connectivity index (χ2n) is 4.50. The maximum Gasteiger partial charge on any atom is 0.0702 e. The molecule has 1 aliphatic heterocycles. The Morgan fingerprint density at radius 2 is 2.07 bits per heavy atom. The molecule has 0 aromatic rings. The van der Waals surface area contributed by atoms with E-state index in [2.05, 4.69) is 11.9 Å². The second kappa shape index (κ2) is 8.37. The number of rotatable bonds is 8. The molecule has 1 unspecified atom stereocenters. The van der Waals surface area contributed by atoms with E-state index in [0.717, 1.165) is 25.5 Å². The fourth-order valence-corrected chi connectivity index (χ4v) is 2.25. The molecule has 1 heterocycles. The van der Waals surface area contributed by atoms with Gasteiger partial charge in [-0.15, -0.1) is 11.6 Å². The van der Waals surface area contributed by atoms with E-state index in [9.17, 15) is 0 Å². The summed E-state index contributed by atoms with van der Waals surface area (Å²) in [5.41, 5.74) is 0. The van der Waals surface area contributed by atoms with E-state index in [4.69, 9.17) is 16.3 Å². The fourth-order valence-electron chi connectivity index (χ4n) is 2.06. The van der Waals surface area contributed by atoms with Crippen molar-refractivity contribution in [3.63, 3.8) is 0 Å². The van der Waals surface area contributed by atoms with Gasteiger partial charge in [0.05, 0.1) is 6.10 Å². The van der Waals surface area contributed by atoms with Crippen LogP contribution in [0.2, 0.25) is 0 Å². The van der Waals surface area contributed by atoms with Crippen LogP contribution in [0.4, 0.5) is 0 Å². The van der Waals surface area contributed by atoms with Crippen molar-refractivity contribution in [1.82, 2.24) is 4.90 Å². The van der Waals surface area contributed by atoms with Crippen molar-refractivity contribution in [3.05, 3.63) is 0 Å². The Morgan fingerprint density at radius 3 is 2.73 bits per heavy atom. The highest BCUT2D eigenvalue weighted by molar-refractivity contribution is 6.17. The molecule has 0 bridgehead atoms. The quantitative estimate of drug-likeness (QED) is 0.472. The number of ether oxygens (including phenoxy) is 1. The van der Waals surface area contributed by atoms with Crippen LogP contribution in [-0.4, -0.2) is 43.6 Å². The Kier molecular flexibility index (Phi) is 7.41. The fraction of sp³-hybridized carbons (Fsp3) is 1.00. The van der Waals surface area contributed by atoms with Crippen LogP contribution in [0.1, 0.15) is 38.5 Å². The first-order chi connectivity index (χ1) is 7.33. The largest absolute Gasteiger partial charge is 0.377 e. The van der Waals surface area contributed by atoms with Crippen molar-refractivity contribution in [2.45, 2.75) is 44.6 Å². The van der Waals surface area contributed by atoms with Crippen LogP contribution >= 0.6 is 11.6 Å². The summed E-state index contributed by atoms with van der Waals surface area (Å²) in [5.74, 6) is 0.811. The molecule has 0 aromatic heterocycles. The van der Waals surface area contributed by atoms with Crippen LogP contribution < -0.4 is 0 Å². The van der Waals surface area contributed by atoms with Crippen LogP contribution in [0.25, 0.3) is 0 Å². The van der Waals surface area contributed by atoms with Gasteiger partial charge in [-0.3, -0.25) is 0 Å². The molecule has 0 saturated carbocycles. The van der Waals surface area contributed by atoms with Crippen LogP contribution in [0, 0.1) is 0 Å². The van der Waals surface area contributed by atoms with Crippen molar-refractivity contribution < 1.29 is 4.74 Å². The predicted molar refractivity (Wildman–Crippen MR) is 65.7 cm³/mol. The van der Waals surface area contributed by atoms with Crippen LogP contribution in [-0.2, 0) is 4.74 Å². The molecule has 0 radical (unpaired) electrons. The lowest BCUT2D eigenvalue weighted by Crippen LogP contribution is -2.29. The molecule has 1 rings (SSSR count). The number of alkyl halides is 1. The Bertz CT molecular complexity index is 149. The molecule has 1 fully saturated rings. The summed E-state index contributed by atoms with van der Waals surface area (Å²) in [6.07, 6.45) is 8.03. The van der Waals surface area contributed by atoms with Crippen molar-refractivity contribution in [2.24, 2.45) is 0 Å². The number of nitrogens with zero attached hydrogens (tertiary/aromatic N) is 1. The van der Waals surface area contributed by atoms with E-state index in [-0.39, 0.29) is 0 Å². The van der Waals surface area contributed by atoms with Gasteiger partial charge < -0.3 is 9.64 Å². The van der Waals surface area contributed by atoms with E-state index >= 15 is 0 Å². The summed E-state index contributed by atoms with van der Waals surface area (Å²) in [6.45, 7) is 3.27. The van der Waals surface area contributed by atoms with E-state index in [1.165, 1.54) is 38.6 Å². The van der Waals surface area contributed by atoms with Gasteiger partial charge in [0.1, 0.15) is 0 Å². The zero-order valence-electron chi connectivity index (χ0n) is 9.88. The molecular weight excluding hydrogens is 210 g/mol. The van der Waals surface area contributed by atoms with Crippen molar-refractivity contribution in [3.8, 4) is 0 Å². The Morgan fingerprint density at radius 1 is 1.27 bits per heavy atom. The van der Waals surface area contributed by atoms with Gasteiger partial charge in [-0.05, 0) is 39.3 Å². The van der Waals surface area contributed by atoms with Gasteiger partial charge in [0.15, 0.2) is 0 Å². The van der Waals surface area contributed by atoms with Crippen molar-refractivity contribution in [2.75, 3.05) is 32.6 Å². The van der Waals surface area contributed by atoms with Crippen LogP contribution in [0.3, 0.4) is 0 Å². The molecule has 0 N–H and O–H groups in total. The Hall–Kier alpha value is 0.210. The van der Waals surface area contributed by atoms with Crippen molar-refractivity contribution in [1.29, 1.82) is 0 Å². The molecule has 2 nitrogen and oxygen atoms in total. The van der Waals surface area contributed by atoms with Crippen LogP contribution in [0.5, 0.6) is 0 Å². The lowest BCUT2D eigenvalue weighted by molar-refractivity contribution is 0.0807. The van der Waals surface area contributed by atoms with Gasteiger partial charge in [0.2, 0.25) is 0 Å². The molecule has 90 valence electrons. The Labute approximate surface area is 98.9 Å². The topological polar surface area (TPSA) is 12.5 Å². The summed E-state index contributed by atoms with van der Waals surface area (Å²) in [4.78, 5) is 2.40. The summed E-state index contributed by atoms with van der Waals surface area (Å²) < 4.78 is 5.61. The minimum atomic E-state index is 0.498. The minimum absolute atomic E-state index is 0.498. The van der Waals surface area contributed by atoms with Gasteiger partial charge in [-0.25, -0.2) is 0 Å². The third-order valence-corrected chi connectivity index (χ3v) is 3.23. The van der Waals surface area contributed by atoms with E-state index < -0.39 is 0 Å². The molecule has 0 aliphatic carbocycles. The average Bonchev–Trinajstić information content (AvgIpc) is 2.70. The van der Waals surface area contributed by atoms with Gasteiger partial charge >= 0.3 is 0 Å². The lowest BCUT2D eigenvalue weighted by atomic mass is 10.2. The summed E-state index contributed by atoms with van der Waals surface area (Å²) in [5, 5.41) is 0. The monoisotopic (exact) mass is 233 g/mol. The molecule has 0 amide bonds. The smallest absolute Gasteiger partial charge is 0.0702 e. The summed E-state index contributed by atoms with van der Waals surface area (Å²) in [6, 6.07) is 0. The number of hydrogen-bond donors (Lipinski definition) is 0. The van der Waals surface area contributed by atoms with Crippen LogP contribution in [0.15, 0.2) is 0 Å². The van der Waals surface area contributed by atoms with E-state index in [1.54, 1.807) is 0 Å². The third kappa shape index (κ3) is 6.39. The second-order valence-corrected chi connectivity index (χ2v) is 4.88. The first-order valence-electron chi connectivity index (χ1n) is 6.19. The highest BCUT2D eigenvalue weighted by atomic mass is 35.5. The molecule has 15 heavy (non-hydrogen) atoms. The number of unbranched alkanes of at least 4 members (excludes halogenated alkanes) is 3. The SMILES string of the molecule is CN(CCCCCCCl)CC1CCCO1. The first kappa shape index (κ1) is 13.3. The minimum Gasteiger partial charge on any atom is -0.377 e. The van der Waals surface area contributed by atoms with E-state index in [1.807, 2.05) is 0 Å². The number of halogens is 1. The van der Waals surface area contributed by atoms with Gasteiger partial charge in [0, 0.05) is 19.0 Å². The zero-order chi connectivity index (χ0) is 10.9. The summed E-state index contributed by atoms with van der Waals surface area (Å²) >= 11 is 5.63. The first-order valence-corrected chi connectivity index (χ1v) is 6.72. The molecule has 3 heteroatoms. The number of hydrogen-bond acceptors (Lipinski definition) is 2. The summed E-state index contributed by atoms with van der Waals surface area (Å²) in [7, 11) is 2.20. The highest BCUT2D eigenvalue weighted by Gasteiger charge is 2.16. The highest BCUT2D eigenvalue weighted by Crippen LogP contribution is 2.13. The standard InChI is InChI=1S/C12H24ClNO/c1-14(9-5-3-2-4-8-13)11-12-7-6-10-15-12/h12H,2-11H2,1H3. The van der Waals surface area contributed by atoms with Crippen molar-refractivity contribution >= 4 is 11.6 Å². The predicted octanol–water partition coefficient (Wildman–Crippen LogP) is 2.90.